The molecule has 0 bridgehead atoms. The van der Waals surface area contributed by atoms with Crippen molar-refractivity contribution in [2.75, 3.05) is 31.6 Å². The quantitative estimate of drug-likeness (QED) is 0.514. The Morgan fingerprint density at radius 3 is 2.61 bits per heavy atom. The molecule has 1 aromatic carbocycles. The van der Waals surface area contributed by atoms with Crippen LogP contribution in [0, 0.1) is 12.8 Å². The van der Waals surface area contributed by atoms with Crippen LogP contribution >= 0.6 is 0 Å². The van der Waals surface area contributed by atoms with E-state index in [1.807, 2.05) is 17.9 Å². The van der Waals surface area contributed by atoms with E-state index in [4.69, 9.17) is 4.74 Å². The molecule has 1 aliphatic carbocycles. The Morgan fingerprint density at radius 1 is 1.16 bits per heavy atom. The molecule has 1 saturated carbocycles. The fourth-order valence-electron chi connectivity index (χ4n) is 5.03. The molecule has 1 amide bonds. The summed E-state index contributed by atoms with van der Waals surface area (Å²) < 4.78 is 46.1. The van der Waals surface area contributed by atoms with Crippen molar-refractivity contribution in [1.82, 2.24) is 24.4 Å². The summed E-state index contributed by atoms with van der Waals surface area (Å²) in [5.41, 5.74) is 0.425. The number of morpholine rings is 1. The van der Waals surface area contributed by atoms with Crippen LogP contribution in [0.15, 0.2) is 43.0 Å². The molecule has 1 aliphatic heterocycles. The van der Waals surface area contributed by atoms with Crippen LogP contribution in [0.4, 0.5) is 24.8 Å². The Kier molecular flexibility index (Phi) is 7.10. The van der Waals surface area contributed by atoms with Gasteiger partial charge in [0.25, 0.3) is 0 Å². The summed E-state index contributed by atoms with van der Waals surface area (Å²) in [4.78, 5) is 26.6. The number of carbonyl (C=O) groups is 1. The fourth-order valence-corrected chi connectivity index (χ4v) is 5.03. The topological polar surface area (TPSA) is 105 Å². The highest BCUT2D eigenvalue weighted by Gasteiger charge is 2.40. The minimum atomic E-state index is -4.57. The minimum Gasteiger partial charge on any atom is -0.383 e. The summed E-state index contributed by atoms with van der Waals surface area (Å²) in [5.74, 6) is -0.148. The number of amides is 1. The number of alkyl halides is 3. The van der Waals surface area contributed by atoms with Gasteiger partial charge in [-0.1, -0.05) is 0 Å². The number of benzene rings is 1. The third kappa shape index (κ3) is 5.65. The van der Waals surface area contributed by atoms with E-state index in [9.17, 15) is 23.1 Å². The molecule has 0 spiro atoms. The molecule has 12 heteroatoms. The summed E-state index contributed by atoms with van der Waals surface area (Å²) in [7, 11) is 0. The zero-order valence-corrected chi connectivity index (χ0v) is 20.9. The first-order chi connectivity index (χ1) is 18.1. The van der Waals surface area contributed by atoms with E-state index in [0.29, 0.717) is 69.1 Å². The first-order valence-corrected chi connectivity index (χ1v) is 12.5. The van der Waals surface area contributed by atoms with Crippen LogP contribution in [0.3, 0.4) is 0 Å². The van der Waals surface area contributed by atoms with Crippen molar-refractivity contribution in [3.63, 3.8) is 0 Å². The zero-order valence-electron chi connectivity index (χ0n) is 20.9. The molecule has 0 atom stereocenters. The molecular weight excluding hydrogens is 501 g/mol. The molecule has 3 aromatic rings. The Hall–Kier alpha value is -3.51. The number of aromatic nitrogens is 4. The van der Waals surface area contributed by atoms with Crippen molar-refractivity contribution in [1.29, 1.82) is 0 Å². The van der Waals surface area contributed by atoms with Gasteiger partial charge < -0.3 is 24.6 Å². The molecule has 38 heavy (non-hydrogen) atoms. The molecule has 2 aliphatic rings. The lowest BCUT2D eigenvalue weighted by atomic mass is 9.77. The van der Waals surface area contributed by atoms with Crippen molar-refractivity contribution >= 4 is 17.5 Å². The predicted molar refractivity (Wildman–Crippen MR) is 132 cm³/mol. The van der Waals surface area contributed by atoms with Crippen LogP contribution in [0.1, 0.15) is 42.6 Å². The molecule has 2 fully saturated rings. The smallest absolute Gasteiger partial charge is 0.383 e. The highest BCUT2D eigenvalue weighted by molar-refractivity contribution is 5.79. The normalized spacial score (nSPS) is 22.3. The highest BCUT2D eigenvalue weighted by Crippen LogP contribution is 2.40. The van der Waals surface area contributed by atoms with Crippen LogP contribution < -0.4 is 5.32 Å². The number of carbonyl (C=O) groups excluding carboxylic acids is 1. The average Bonchev–Trinajstić information content (AvgIpc) is 3.40. The number of rotatable bonds is 5. The van der Waals surface area contributed by atoms with E-state index in [2.05, 4.69) is 20.3 Å². The summed E-state index contributed by atoms with van der Waals surface area (Å²) in [6.07, 6.45) is 1.85. The summed E-state index contributed by atoms with van der Waals surface area (Å²) in [6, 6.07) is 6.22. The Balaban J connectivity index is 1.29. The van der Waals surface area contributed by atoms with Gasteiger partial charge in [-0.05, 0) is 62.4 Å². The molecule has 2 aromatic heterocycles. The molecule has 5 rings (SSSR count). The van der Waals surface area contributed by atoms with Crippen LogP contribution in [0.2, 0.25) is 0 Å². The molecule has 0 radical (unpaired) electrons. The van der Waals surface area contributed by atoms with Crippen LogP contribution in [0.5, 0.6) is 0 Å². The third-order valence-corrected chi connectivity index (χ3v) is 7.11. The summed E-state index contributed by atoms with van der Waals surface area (Å²) in [5, 5.41) is 14.2. The number of halogens is 3. The van der Waals surface area contributed by atoms with Gasteiger partial charge in [0.05, 0.1) is 25.2 Å². The van der Waals surface area contributed by atoms with Crippen molar-refractivity contribution in [3.8, 4) is 5.69 Å². The SMILES string of the molecule is Cc1cc(Nc2nccc(C(F)(F)F)n2)cc(-n2cnc([C@]3(O)CC[C@@H](C(=O)N4CCOCC4)CC3)c2)c1. The maximum absolute atomic E-state index is 13.0. The second-order valence-corrected chi connectivity index (χ2v) is 9.86. The minimum absolute atomic E-state index is 0.112. The van der Waals surface area contributed by atoms with E-state index < -0.39 is 17.5 Å². The zero-order chi connectivity index (χ0) is 26.9. The molecule has 2 N–H and O–H groups in total. The molecular formula is C26H29F3N6O3. The van der Waals surface area contributed by atoms with Gasteiger partial charge in [-0.25, -0.2) is 15.0 Å². The second-order valence-electron chi connectivity index (χ2n) is 9.86. The number of aryl methyl sites for hydroxylation is 1. The fraction of sp³-hybridized carbons (Fsp3) is 0.462. The number of nitrogens with zero attached hydrogens (tertiary/aromatic N) is 5. The maximum Gasteiger partial charge on any atom is 0.433 e. The van der Waals surface area contributed by atoms with E-state index >= 15 is 0 Å². The Labute approximate surface area is 217 Å². The van der Waals surface area contributed by atoms with E-state index in [1.165, 1.54) is 0 Å². The molecule has 1 saturated heterocycles. The third-order valence-electron chi connectivity index (χ3n) is 7.11. The number of nitrogens with one attached hydrogen (secondary N) is 1. The first kappa shape index (κ1) is 26.1. The Morgan fingerprint density at radius 2 is 1.89 bits per heavy atom. The van der Waals surface area contributed by atoms with Crippen molar-refractivity contribution in [3.05, 3.63) is 59.9 Å². The molecule has 202 valence electrons. The molecule has 9 nitrogen and oxygen atoms in total. The van der Waals surface area contributed by atoms with Gasteiger partial charge in [0.1, 0.15) is 11.3 Å². The van der Waals surface area contributed by atoms with E-state index in [1.54, 1.807) is 29.2 Å². The van der Waals surface area contributed by atoms with Crippen molar-refractivity contribution in [2.24, 2.45) is 5.92 Å². The van der Waals surface area contributed by atoms with Gasteiger partial charge >= 0.3 is 6.18 Å². The van der Waals surface area contributed by atoms with Crippen LogP contribution in [-0.4, -0.2) is 61.7 Å². The number of imidazole rings is 1. The number of hydrogen-bond donors (Lipinski definition) is 2. The van der Waals surface area contributed by atoms with Gasteiger partial charge in [0.2, 0.25) is 11.9 Å². The highest BCUT2D eigenvalue weighted by atomic mass is 19.4. The number of aliphatic hydroxyl groups is 1. The van der Waals surface area contributed by atoms with Crippen molar-refractivity contribution in [2.45, 2.75) is 44.4 Å². The lowest BCUT2D eigenvalue weighted by molar-refractivity contribution is -0.143. The number of hydrogen-bond acceptors (Lipinski definition) is 7. The van der Waals surface area contributed by atoms with Crippen molar-refractivity contribution < 1.29 is 27.8 Å². The Bertz CT molecular complexity index is 1300. The summed E-state index contributed by atoms with van der Waals surface area (Å²) >= 11 is 0. The largest absolute Gasteiger partial charge is 0.433 e. The lowest BCUT2D eigenvalue weighted by Gasteiger charge is -2.37. The average molecular weight is 531 g/mol. The molecule has 0 unspecified atom stereocenters. The standard InChI is InChI=1S/C26H29F3N6O3/c1-17-12-19(32-24-30-7-4-21(33-24)26(27,28)29)14-20(13-17)35-15-22(31-16-35)25(37)5-2-18(3-6-25)23(36)34-8-10-38-11-9-34/h4,7,12-16,18,37H,2-3,5-6,8-11H2,1H3,(H,30,32,33)/t18-,25+. The second kappa shape index (κ2) is 10.3. The maximum atomic E-state index is 13.0. The van der Waals surface area contributed by atoms with Gasteiger partial charge in [0, 0.05) is 42.8 Å². The number of anilines is 2. The van der Waals surface area contributed by atoms with Gasteiger partial charge in [-0.2, -0.15) is 13.2 Å². The van der Waals surface area contributed by atoms with E-state index in [-0.39, 0.29) is 17.8 Å². The first-order valence-electron chi connectivity index (χ1n) is 12.5. The predicted octanol–water partition coefficient (Wildman–Crippen LogP) is 3.97. The van der Waals surface area contributed by atoms with Crippen LogP contribution in [0.25, 0.3) is 5.69 Å². The van der Waals surface area contributed by atoms with Gasteiger partial charge in [0.15, 0.2) is 0 Å². The monoisotopic (exact) mass is 530 g/mol. The van der Waals surface area contributed by atoms with Crippen LogP contribution in [-0.2, 0) is 21.3 Å². The van der Waals surface area contributed by atoms with Gasteiger partial charge in [-0.15, -0.1) is 0 Å². The molecule has 3 heterocycles. The van der Waals surface area contributed by atoms with E-state index in [0.717, 1.165) is 17.8 Å². The number of ether oxygens (including phenoxy) is 1. The van der Waals surface area contributed by atoms with Gasteiger partial charge in [-0.3, -0.25) is 4.79 Å². The lowest BCUT2D eigenvalue weighted by Crippen LogP contribution is -2.45. The summed E-state index contributed by atoms with van der Waals surface area (Å²) in [6.45, 7) is 4.19.